The predicted octanol–water partition coefficient (Wildman–Crippen LogP) is 2.99. The lowest BCUT2D eigenvalue weighted by molar-refractivity contribution is -0.143. The van der Waals surface area contributed by atoms with E-state index >= 15 is 0 Å². The summed E-state index contributed by atoms with van der Waals surface area (Å²) in [5, 5.41) is 0. The second kappa shape index (κ2) is 9.10. The quantitative estimate of drug-likeness (QED) is 0.518. The summed E-state index contributed by atoms with van der Waals surface area (Å²) >= 11 is 0. The molecule has 0 bridgehead atoms. The van der Waals surface area contributed by atoms with Crippen molar-refractivity contribution >= 4 is 5.97 Å². The molecule has 0 spiro atoms. The van der Waals surface area contributed by atoms with Crippen LogP contribution in [-0.2, 0) is 16.0 Å². The molecule has 0 unspecified atom stereocenters. The number of esters is 1. The second-order valence-electron chi connectivity index (χ2n) is 4.61. The number of methoxy groups -OCH3 is 3. The monoisotopic (exact) mass is 296 g/mol. The zero-order chi connectivity index (χ0) is 15.7. The third-order valence-corrected chi connectivity index (χ3v) is 3.10. The predicted molar refractivity (Wildman–Crippen MR) is 80.3 cm³/mol. The molecular weight excluding hydrogens is 272 g/mol. The van der Waals surface area contributed by atoms with Gasteiger partial charge < -0.3 is 18.9 Å². The highest BCUT2D eigenvalue weighted by Crippen LogP contribution is 2.38. The van der Waals surface area contributed by atoms with E-state index in [4.69, 9.17) is 18.9 Å². The van der Waals surface area contributed by atoms with Gasteiger partial charge in [-0.2, -0.15) is 0 Å². The first-order chi connectivity index (χ1) is 10.2. The van der Waals surface area contributed by atoms with Gasteiger partial charge >= 0.3 is 5.97 Å². The van der Waals surface area contributed by atoms with Crippen molar-refractivity contribution in [3.63, 3.8) is 0 Å². The Balaban J connectivity index is 2.69. The normalized spacial score (nSPS) is 10.1. The van der Waals surface area contributed by atoms with Crippen LogP contribution in [0.5, 0.6) is 17.2 Å². The van der Waals surface area contributed by atoms with E-state index in [-0.39, 0.29) is 5.97 Å². The van der Waals surface area contributed by atoms with Crippen LogP contribution in [0.2, 0.25) is 0 Å². The maximum absolute atomic E-state index is 11.6. The Morgan fingerprint density at radius 1 is 1.05 bits per heavy atom. The highest BCUT2D eigenvalue weighted by atomic mass is 16.5. The number of rotatable bonds is 9. The Kier molecular flexibility index (Phi) is 7.43. The zero-order valence-electron chi connectivity index (χ0n) is 13.2. The number of benzene rings is 1. The van der Waals surface area contributed by atoms with Gasteiger partial charge in [-0.05, 0) is 30.5 Å². The first kappa shape index (κ1) is 17.1. The molecule has 0 saturated heterocycles. The van der Waals surface area contributed by atoms with E-state index in [1.54, 1.807) is 21.3 Å². The van der Waals surface area contributed by atoms with E-state index in [1.807, 2.05) is 12.1 Å². The third kappa shape index (κ3) is 5.17. The molecule has 118 valence electrons. The number of hydrogen-bond acceptors (Lipinski definition) is 5. The topological polar surface area (TPSA) is 54.0 Å². The van der Waals surface area contributed by atoms with E-state index < -0.39 is 0 Å². The molecule has 1 aromatic carbocycles. The minimum atomic E-state index is -0.183. The number of hydrogen-bond donors (Lipinski definition) is 0. The molecule has 0 amide bonds. The minimum absolute atomic E-state index is 0.183. The van der Waals surface area contributed by atoms with Gasteiger partial charge in [0, 0.05) is 6.42 Å². The maximum Gasteiger partial charge on any atom is 0.306 e. The van der Waals surface area contributed by atoms with Crippen LogP contribution >= 0.6 is 0 Å². The Bertz CT molecular complexity index is 431. The van der Waals surface area contributed by atoms with E-state index in [0.717, 1.165) is 18.4 Å². The van der Waals surface area contributed by atoms with E-state index in [2.05, 4.69) is 6.92 Å². The summed E-state index contributed by atoms with van der Waals surface area (Å²) in [7, 11) is 4.70. The molecular formula is C16H24O5. The molecule has 1 aromatic rings. The highest BCUT2D eigenvalue weighted by molar-refractivity contribution is 5.69. The highest BCUT2D eigenvalue weighted by Gasteiger charge is 2.14. The Hall–Kier alpha value is -1.91. The van der Waals surface area contributed by atoms with Gasteiger partial charge in [-0.25, -0.2) is 0 Å². The van der Waals surface area contributed by atoms with Gasteiger partial charge in [0.15, 0.2) is 11.5 Å². The SMILES string of the molecule is CCCCOC(=O)CCc1cc(OC)c(OC)c(OC)c1. The zero-order valence-corrected chi connectivity index (χ0v) is 13.2. The first-order valence-electron chi connectivity index (χ1n) is 7.10. The van der Waals surface area contributed by atoms with Crippen LogP contribution < -0.4 is 14.2 Å². The van der Waals surface area contributed by atoms with Crippen molar-refractivity contribution in [2.45, 2.75) is 32.6 Å². The van der Waals surface area contributed by atoms with Crippen molar-refractivity contribution in [2.75, 3.05) is 27.9 Å². The Morgan fingerprint density at radius 2 is 1.67 bits per heavy atom. The van der Waals surface area contributed by atoms with Crippen LogP contribution in [0.4, 0.5) is 0 Å². The molecule has 0 N–H and O–H groups in total. The van der Waals surface area contributed by atoms with Crippen molar-refractivity contribution in [1.29, 1.82) is 0 Å². The summed E-state index contributed by atoms with van der Waals surface area (Å²) in [6.45, 7) is 2.55. The van der Waals surface area contributed by atoms with Crippen LogP contribution in [0.25, 0.3) is 0 Å². The molecule has 0 atom stereocenters. The van der Waals surface area contributed by atoms with Crippen molar-refractivity contribution < 1.29 is 23.7 Å². The van der Waals surface area contributed by atoms with Crippen LogP contribution in [0, 0.1) is 0 Å². The average Bonchev–Trinajstić information content (AvgIpc) is 2.51. The summed E-state index contributed by atoms with van der Waals surface area (Å²) in [6, 6.07) is 3.70. The van der Waals surface area contributed by atoms with Crippen LogP contribution in [0.1, 0.15) is 31.7 Å². The van der Waals surface area contributed by atoms with Crippen molar-refractivity contribution in [2.24, 2.45) is 0 Å². The Morgan fingerprint density at radius 3 is 2.14 bits per heavy atom. The van der Waals surface area contributed by atoms with Crippen molar-refractivity contribution in [1.82, 2.24) is 0 Å². The van der Waals surface area contributed by atoms with Gasteiger partial charge in [-0.1, -0.05) is 13.3 Å². The Labute approximate surface area is 126 Å². The fraction of sp³-hybridized carbons (Fsp3) is 0.562. The summed E-state index contributed by atoms with van der Waals surface area (Å²) in [5.74, 6) is 1.55. The summed E-state index contributed by atoms with van der Waals surface area (Å²) in [4.78, 5) is 11.6. The van der Waals surface area contributed by atoms with Gasteiger partial charge in [0.25, 0.3) is 0 Å². The number of aryl methyl sites for hydroxylation is 1. The van der Waals surface area contributed by atoms with Gasteiger partial charge in [-0.15, -0.1) is 0 Å². The molecule has 0 radical (unpaired) electrons. The molecule has 5 nitrogen and oxygen atoms in total. The molecule has 21 heavy (non-hydrogen) atoms. The lowest BCUT2D eigenvalue weighted by atomic mass is 10.1. The molecule has 0 heterocycles. The maximum atomic E-state index is 11.6. The van der Waals surface area contributed by atoms with E-state index in [0.29, 0.717) is 36.7 Å². The standard InChI is InChI=1S/C16H24O5/c1-5-6-9-21-15(17)8-7-12-10-13(18-2)16(20-4)14(11-12)19-3/h10-11H,5-9H2,1-4H3. The summed E-state index contributed by atoms with van der Waals surface area (Å²) in [6.07, 6.45) is 2.82. The van der Waals surface area contributed by atoms with Crippen molar-refractivity contribution in [3.8, 4) is 17.2 Å². The molecule has 0 saturated carbocycles. The van der Waals surface area contributed by atoms with Gasteiger partial charge in [-0.3, -0.25) is 4.79 Å². The minimum Gasteiger partial charge on any atom is -0.493 e. The van der Waals surface area contributed by atoms with Gasteiger partial charge in [0.1, 0.15) is 0 Å². The largest absolute Gasteiger partial charge is 0.493 e. The molecule has 0 aliphatic heterocycles. The summed E-state index contributed by atoms with van der Waals surface area (Å²) < 4.78 is 21.0. The summed E-state index contributed by atoms with van der Waals surface area (Å²) in [5.41, 5.74) is 0.942. The fourth-order valence-electron chi connectivity index (χ4n) is 1.93. The van der Waals surface area contributed by atoms with Crippen LogP contribution in [0.15, 0.2) is 12.1 Å². The molecule has 0 fully saturated rings. The number of carbonyl (C=O) groups excluding carboxylic acids is 1. The van der Waals surface area contributed by atoms with Crippen LogP contribution in [0.3, 0.4) is 0 Å². The second-order valence-corrected chi connectivity index (χ2v) is 4.61. The molecule has 1 rings (SSSR count). The van der Waals surface area contributed by atoms with Crippen LogP contribution in [-0.4, -0.2) is 33.9 Å². The van der Waals surface area contributed by atoms with E-state index in [9.17, 15) is 4.79 Å². The molecule has 5 heteroatoms. The smallest absolute Gasteiger partial charge is 0.306 e. The number of ether oxygens (including phenoxy) is 4. The molecule has 0 aliphatic carbocycles. The van der Waals surface area contributed by atoms with Gasteiger partial charge in [0.2, 0.25) is 5.75 Å². The first-order valence-corrected chi connectivity index (χ1v) is 7.10. The molecule has 0 aliphatic rings. The average molecular weight is 296 g/mol. The van der Waals surface area contributed by atoms with Crippen molar-refractivity contribution in [3.05, 3.63) is 17.7 Å². The van der Waals surface area contributed by atoms with E-state index in [1.165, 1.54) is 0 Å². The fourth-order valence-corrected chi connectivity index (χ4v) is 1.93. The lowest BCUT2D eigenvalue weighted by Gasteiger charge is -2.14. The molecule has 0 aromatic heterocycles. The third-order valence-electron chi connectivity index (χ3n) is 3.10. The van der Waals surface area contributed by atoms with Gasteiger partial charge in [0.05, 0.1) is 27.9 Å². The number of unbranched alkanes of at least 4 members (excludes halogenated alkanes) is 1. The lowest BCUT2D eigenvalue weighted by Crippen LogP contribution is -2.07. The number of carbonyl (C=O) groups is 1.